The summed E-state index contributed by atoms with van der Waals surface area (Å²) < 4.78 is 5.35. The normalized spacial score (nSPS) is 14.1. The summed E-state index contributed by atoms with van der Waals surface area (Å²) in [6.45, 7) is 7.65. The van der Waals surface area contributed by atoms with Crippen molar-refractivity contribution in [3.63, 3.8) is 0 Å². The molecule has 0 spiro atoms. The minimum atomic E-state index is 0.287. The fraction of sp³-hybridized carbons (Fsp3) is 0.727. The topological polar surface area (TPSA) is 38.1 Å². The van der Waals surface area contributed by atoms with E-state index in [9.17, 15) is 0 Å². The van der Waals surface area contributed by atoms with Crippen LogP contribution in [0.5, 0.6) is 0 Å². The minimum Gasteiger partial charge on any atom is -0.361 e. The Morgan fingerprint density at radius 1 is 1.60 bits per heavy atom. The zero-order valence-electron chi connectivity index (χ0n) is 9.91. The Balaban J connectivity index is 2.28. The summed E-state index contributed by atoms with van der Waals surface area (Å²) in [7, 11) is 0. The quantitative estimate of drug-likeness (QED) is 0.811. The summed E-state index contributed by atoms with van der Waals surface area (Å²) in [4.78, 5) is 0. The number of thioether (sulfide) groups is 1. The Bertz CT molecular complexity index is 272. The Morgan fingerprint density at radius 2 is 2.33 bits per heavy atom. The molecule has 1 atom stereocenters. The highest BCUT2D eigenvalue weighted by atomic mass is 32.2. The van der Waals surface area contributed by atoms with Crippen molar-refractivity contribution in [2.24, 2.45) is 0 Å². The van der Waals surface area contributed by atoms with Gasteiger partial charge in [-0.3, -0.25) is 0 Å². The number of hydrogen-bond donors (Lipinski definition) is 1. The first kappa shape index (κ1) is 12.6. The van der Waals surface area contributed by atoms with Gasteiger partial charge in [0.1, 0.15) is 5.76 Å². The minimum absolute atomic E-state index is 0.287. The molecule has 3 nitrogen and oxygen atoms in total. The summed E-state index contributed by atoms with van der Waals surface area (Å²) in [6, 6.07) is 2.34. The molecule has 0 aromatic carbocycles. The van der Waals surface area contributed by atoms with Crippen LogP contribution in [0, 0.1) is 0 Å². The molecule has 0 amide bonds. The maximum atomic E-state index is 5.07. The molecule has 0 radical (unpaired) electrons. The smallest absolute Gasteiger partial charge is 0.138 e. The van der Waals surface area contributed by atoms with Crippen LogP contribution >= 0.6 is 11.8 Å². The molecule has 1 heterocycles. The summed E-state index contributed by atoms with van der Waals surface area (Å²) in [5, 5.41) is 7.20. The molecule has 0 fully saturated rings. The van der Waals surface area contributed by atoms with Gasteiger partial charge in [0, 0.05) is 29.8 Å². The Morgan fingerprint density at radius 3 is 2.87 bits per heavy atom. The van der Waals surface area contributed by atoms with Gasteiger partial charge < -0.3 is 9.84 Å². The van der Waals surface area contributed by atoms with E-state index in [2.05, 4.69) is 37.5 Å². The van der Waals surface area contributed by atoms with Crippen LogP contribution in [0.4, 0.5) is 0 Å². The molecular weight excluding hydrogens is 208 g/mol. The summed E-state index contributed by atoms with van der Waals surface area (Å²) in [6.07, 6.45) is 4.72. The Hall–Kier alpha value is -0.480. The van der Waals surface area contributed by atoms with Gasteiger partial charge in [-0.25, -0.2) is 0 Å². The van der Waals surface area contributed by atoms with Crippen LogP contribution in [0.25, 0.3) is 0 Å². The maximum absolute atomic E-state index is 5.07. The van der Waals surface area contributed by atoms with Gasteiger partial charge in [-0.15, -0.1) is 0 Å². The summed E-state index contributed by atoms with van der Waals surface area (Å²) >= 11 is 1.88. The van der Waals surface area contributed by atoms with Crippen LogP contribution in [0.1, 0.15) is 26.5 Å². The highest BCUT2D eigenvalue weighted by molar-refractivity contribution is 7.99. The van der Waals surface area contributed by atoms with Gasteiger partial charge >= 0.3 is 0 Å². The van der Waals surface area contributed by atoms with Crippen molar-refractivity contribution < 1.29 is 4.52 Å². The lowest BCUT2D eigenvalue weighted by Gasteiger charge is -2.24. The van der Waals surface area contributed by atoms with Gasteiger partial charge in [0.25, 0.3) is 0 Å². The van der Waals surface area contributed by atoms with Gasteiger partial charge in [0.05, 0.1) is 6.20 Å². The number of nitrogens with zero attached hydrogens (tertiary/aromatic N) is 1. The van der Waals surface area contributed by atoms with Crippen molar-refractivity contribution in [3.8, 4) is 0 Å². The van der Waals surface area contributed by atoms with Crippen LogP contribution in [0.15, 0.2) is 16.8 Å². The number of nitrogens with one attached hydrogen (secondary N) is 1. The molecule has 1 unspecified atom stereocenters. The van der Waals surface area contributed by atoms with E-state index in [1.54, 1.807) is 6.20 Å². The van der Waals surface area contributed by atoms with Gasteiger partial charge in [-0.1, -0.05) is 5.16 Å². The molecule has 1 N–H and O–H groups in total. The SMILES string of the molecule is CSC(C)(C)CNC(C)Cc1ccno1. The van der Waals surface area contributed by atoms with Crippen molar-refractivity contribution in [3.05, 3.63) is 18.0 Å². The second-order valence-electron chi connectivity index (χ2n) is 4.43. The first-order valence-electron chi connectivity index (χ1n) is 5.21. The molecule has 0 aliphatic carbocycles. The van der Waals surface area contributed by atoms with E-state index in [4.69, 9.17) is 4.52 Å². The molecular formula is C11H20N2OS. The second kappa shape index (κ2) is 5.56. The van der Waals surface area contributed by atoms with E-state index in [0.717, 1.165) is 18.7 Å². The predicted molar refractivity (Wildman–Crippen MR) is 65.3 cm³/mol. The van der Waals surface area contributed by atoms with E-state index < -0.39 is 0 Å². The monoisotopic (exact) mass is 228 g/mol. The fourth-order valence-corrected chi connectivity index (χ4v) is 1.44. The molecule has 1 aromatic rings. The first-order chi connectivity index (χ1) is 7.03. The lowest BCUT2D eigenvalue weighted by molar-refractivity contribution is 0.365. The number of aromatic nitrogens is 1. The lowest BCUT2D eigenvalue weighted by atomic mass is 10.1. The van der Waals surface area contributed by atoms with Crippen molar-refractivity contribution >= 4 is 11.8 Å². The molecule has 0 bridgehead atoms. The molecule has 0 aliphatic rings. The van der Waals surface area contributed by atoms with Gasteiger partial charge in [0.15, 0.2) is 0 Å². The van der Waals surface area contributed by atoms with Crippen LogP contribution in [0.2, 0.25) is 0 Å². The largest absolute Gasteiger partial charge is 0.361 e. The lowest BCUT2D eigenvalue weighted by Crippen LogP contribution is -2.38. The number of hydrogen-bond acceptors (Lipinski definition) is 4. The predicted octanol–water partition coefficient (Wildman–Crippen LogP) is 2.34. The molecule has 86 valence electrons. The third-order valence-electron chi connectivity index (χ3n) is 2.43. The third-order valence-corrected chi connectivity index (χ3v) is 3.68. The average Bonchev–Trinajstić information content (AvgIpc) is 2.68. The summed E-state index contributed by atoms with van der Waals surface area (Å²) in [5.74, 6) is 0.942. The highest BCUT2D eigenvalue weighted by Gasteiger charge is 2.17. The molecule has 0 saturated carbocycles. The highest BCUT2D eigenvalue weighted by Crippen LogP contribution is 2.19. The maximum Gasteiger partial charge on any atom is 0.138 e. The van der Waals surface area contributed by atoms with Crippen LogP contribution in [-0.4, -0.2) is 28.7 Å². The Labute approximate surface area is 96.0 Å². The molecule has 0 saturated heterocycles. The zero-order chi connectivity index (χ0) is 11.3. The molecule has 1 rings (SSSR count). The molecule has 15 heavy (non-hydrogen) atoms. The van der Waals surface area contributed by atoms with E-state index >= 15 is 0 Å². The van der Waals surface area contributed by atoms with Gasteiger partial charge in [0.2, 0.25) is 0 Å². The van der Waals surface area contributed by atoms with Crippen molar-refractivity contribution in [1.82, 2.24) is 10.5 Å². The third kappa shape index (κ3) is 4.71. The van der Waals surface area contributed by atoms with Gasteiger partial charge in [-0.05, 0) is 27.0 Å². The van der Waals surface area contributed by atoms with Crippen LogP contribution in [0.3, 0.4) is 0 Å². The summed E-state index contributed by atoms with van der Waals surface area (Å²) in [5.41, 5.74) is 0. The van der Waals surface area contributed by atoms with E-state index in [1.165, 1.54) is 0 Å². The van der Waals surface area contributed by atoms with E-state index in [0.29, 0.717) is 6.04 Å². The van der Waals surface area contributed by atoms with Crippen molar-refractivity contribution in [2.75, 3.05) is 12.8 Å². The fourth-order valence-electron chi connectivity index (χ4n) is 1.21. The standard InChI is InChI=1S/C11H20N2OS/c1-9(7-10-5-6-13-14-10)12-8-11(2,3)15-4/h5-6,9,12H,7-8H2,1-4H3. The van der Waals surface area contributed by atoms with Crippen molar-refractivity contribution in [1.29, 1.82) is 0 Å². The molecule has 0 aliphatic heterocycles. The Kier molecular flexibility index (Phi) is 4.67. The van der Waals surface area contributed by atoms with Crippen LogP contribution in [-0.2, 0) is 6.42 Å². The van der Waals surface area contributed by atoms with Gasteiger partial charge in [-0.2, -0.15) is 11.8 Å². The average molecular weight is 228 g/mol. The molecule has 1 aromatic heterocycles. The van der Waals surface area contributed by atoms with Crippen molar-refractivity contribution in [2.45, 2.75) is 38.0 Å². The number of rotatable bonds is 6. The van der Waals surface area contributed by atoms with E-state index in [-0.39, 0.29) is 4.75 Å². The molecule has 4 heteroatoms. The second-order valence-corrected chi connectivity index (χ2v) is 5.94. The van der Waals surface area contributed by atoms with E-state index in [1.807, 2.05) is 17.8 Å². The zero-order valence-corrected chi connectivity index (χ0v) is 10.7. The van der Waals surface area contributed by atoms with Crippen LogP contribution < -0.4 is 5.32 Å². The first-order valence-corrected chi connectivity index (χ1v) is 6.44.